The van der Waals surface area contributed by atoms with Crippen molar-refractivity contribution >= 4 is 0 Å². The maximum atomic E-state index is 9.09. The first-order valence-corrected chi connectivity index (χ1v) is 5.86. The van der Waals surface area contributed by atoms with Crippen LogP contribution in [0.15, 0.2) is 24.3 Å². The van der Waals surface area contributed by atoms with Gasteiger partial charge >= 0.3 is 0 Å². The highest BCUT2D eigenvalue weighted by Gasteiger charge is 2.06. The molecule has 0 fully saturated rings. The van der Waals surface area contributed by atoms with Gasteiger partial charge in [0.2, 0.25) is 0 Å². The Bertz CT molecular complexity index is 302. The van der Waals surface area contributed by atoms with Gasteiger partial charge in [0, 0.05) is 0 Å². The molecule has 0 aliphatic carbocycles. The molecule has 0 aliphatic heterocycles. The van der Waals surface area contributed by atoms with Crippen LogP contribution in [-0.2, 0) is 6.42 Å². The van der Waals surface area contributed by atoms with Crippen LogP contribution in [0.2, 0.25) is 0 Å². The van der Waals surface area contributed by atoms with Gasteiger partial charge in [0.1, 0.15) is 12.4 Å². The number of hydrogen-bond donors (Lipinski definition) is 2. The summed E-state index contributed by atoms with van der Waals surface area (Å²) >= 11 is 0. The quantitative estimate of drug-likeness (QED) is 0.737. The molecular formula is C13H21NO2. The fourth-order valence-corrected chi connectivity index (χ4v) is 1.52. The molecule has 3 heteroatoms. The predicted molar refractivity (Wildman–Crippen MR) is 65.9 cm³/mol. The second kappa shape index (κ2) is 7.25. The SMILES string of the molecule is CCNC(CO)COc1cccc(CC)c1. The highest BCUT2D eigenvalue weighted by atomic mass is 16.5. The van der Waals surface area contributed by atoms with Gasteiger partial charge in [-0.15, -0.1) is 0 Å². The van der Waals surface area contributed by atoms with E-state index in [1.54, 1.807) is 0 Å². The van der Waals surface area contributed by atoms with Gasteiger partial charge in [-0.25, -0.2) is 0 Å². The lowest BCUT2D eigenvalue weighted by Gasteiger charge is -2.16. The van der Waals surface area contributed by atoms with Crippen LogP contribution in [0.1, 0.15) is 19.4 Å². The van der Waals surface area contributed by atoms with Crippen LogP contribution in [0.3, 0.4) is 0 Å². The number of likely N-dealkylation sites (N-methyl/N-ethyl adjacent to an activating group) is 1. The fraction of sp³-hybridized carbons (Fsp3) is 0.538. The van der Waals surface area contributed by atoms with Gasteiger partial charge in [0.15, 0.2) is 0 Å². The molecule has 2 N–H and O–H groups in total. The molecule has 3 nitrogen and oxygen atoms in total. The van der Waals surface area contributed by atoms with E-state index in [4.69, 9.17) is 9.84 Å². The number of rotatable bonds is 7. The summed E-state index contributed by atoms with van der Waals surface area (Å²) < 4.78 is 5.63. The summed E-state index contributed by atoms with van der Waals surface area (Å²) in [5, 5.41) is 12.2. The summed E-state index contributed by atoms with van der Waals surface area (Å²) in [5.74, 6) is 0.871. The number of aliphatic hydroxyl groups is 1. The van der Waals surface area contributed by atoms with E-state index in [1.807, 2.05) is 25.1 Å². The van der Waals surface area contributed by atoms with Crippen molar-refractivity contribution in [1.82, 2.24) is 5.32 Å². The number of aryl methyl sites for hydroxylation is 1. The second-order valence-electron chi connectivity index (χ2n) is 3.75. The number of benzene rings is 1. The van der Waals surface area contributed by atoms with Gasteiger partial charge < -0.3 is 15.2 Å². The zero-order chi connectivity index (χ0) is 11.8. The fourth-order valence-electron chi connectivity index (χ4n) is 1.52. The Hall–Kier alpha value is -1.06. The first-order chi connectivity index (χ1) is 7.80. The lowest BCUT2D eigenvalue weighted by Crippen LogP contribution is -2.37. The summed E-state index contributed by atoms with van der Waals surface area (Å²) in [5.41, 5.74) is 1.27. The zero-order valence-electron chi connectivity index (χ0n) is 10.1. The van der Waals surface area contributed by atoms with Crippen LogP contribution < -0.4 is 10.1 Å². The topological polar surface area (TPSA) is 41.5 Å². The molecule has 0 saturated heterocycles. The minimum absolute atomic E-state index is 0.00952. The Balaban J connectivity index is 2.46. The number of hydrogen-bond acceptors (Lipinski definition) is 3. The summed E-state index contributed by atoms with van der Waals surface area (Å²) in [7, 11) is 0. The van der Waals surface area contributed by atoms with Crippen molar-refractivity contribution in [2.45, 2.75) is 26.3 Å². The highest BCUT2D eigenvalue weighted by Crippen LogP contribution is 2.13. The molecule has 0 amide bonds. The maximum Gasteiger partial charge on any atom is 0.119 e. The van der Waals surface area contributed by atoms with Crippen LogP contribution >= 0.6 is 0 Å². The molecule has 0 bridgehead atoms. The van der Waals surface area contributed by atoms with Crippen molar-refractivity contribution in [2.24, 2.45) is 0 Å². The number of aliphatic hydroxyl groups excluding tert-OH is 1. The molecule has 90 valence electrons. The summed E-state index contributed by atoms with van der Waals surface area (Å²) in [4.78, 5) is 0. The van der Waals surface area contributed by atoms with Gasteiger partial charge in [-0.2, -0.15) is 0 Å². The van der Waals surface area contributed by atoms with Crippen molar-refractivity contribution in [3.05, 3.63) is 29.8 Å². The Kier molecular flexibility index (Phi) is 5.90. The molecule has 0 radical (unpaired) electrons. The highest BCUT2D eigenvalue weighted by molar-refractivity contribution is 5.28. The van der Waals surface area contributed by atoms with Crippen molar-refractivity contribution in [1.29, 1.82) is 0 Å². The molecule has 0 aliphatic rings. The Morgan fingerprint density at radius 1 is 1.38 bits per heavy atom. The number of ether oxygens (including phenoxy) is 1. The largest absolute Gasteiger partial charge is 0.492 e. The van der Waals surface area contributed by atoms with Gasteiger partial charge in [0.05, 0.1) is 12.6 Å². The molecule has 0 saturated carbocycles. The van der Waals surface area contributed by atoms with Crippen LogP contribution in [0.5, 0.6) is 5.75 Å². The summed E-state index contributed by atoms with van der Waals surface area (Å²) in [6.45, 7) is 5.57. The van der Waals surface area contributed by atoms with E-state index < -0.39 is 0 Å². The Labute approximate surface area is 97.4 Å². The van der Waals surface area contributed by atoms with E-state index in [0.29, 0.717) is 6.61 Å². The molecule has 0 spiro atoms. The van der Waals surface area contributed by atoms with Crippen molar-refractivity contribution in [3.63, 3.8) is 0 Å². The van der Waals surface area contributed by atoms with E-state index in [1.165, 1.54) is 5.56 Å². The van der Waals surface area contributed by atoms with E-state index in [-0.39, 0.29) is 12.6 Å². The van der Waals surface area contributed by atoms with Crippen LogP contribution in [-0.4, -0.2) is 30.9 Å². The molecule has 1 rings (SSSR count). The minimum atomic E-state index is 0.00952. The smallest absolute Gasteiger partial charge is 0.119 e. The maximum absolute atomic E-state index is 9.09. The lowest BCUT2D eigenvalue weighted by atomic mass is 10.2. The van der Waals surface area contributed by atoms with E-state index >= 15 is 0 Å². The lowest BCUT2D eigenvalue weighted by molar-refractivity contribution is 0.184. The molecule has 1 aromatic rings. The van der Waals surface area contributed by atoms with E-state index in [2.05, 4.69) is 18.3 Å². The predicted octanol–water partition coefficient (Wildman–Crippen LogP) is 1.60. The summed E-state index contributed by atoms with van der Waals surface area (Å²) in [6.07, 6.45) is 1.01. The van der Waals surface area contributed by atoms with Crippen LogP contribution in [0.4, 0.5) is 0 Å². The standard InChI is InChI=1S/C13H21NO2/c1-3-11-6-5-7-13(8-11)16-10-12(9-15)14-4-2/h5-8,12,14-15H,3-4,9-10H2,1-2H3. The monoisotopic (exact) mass is 223 g/mol. The first-order valence-electron chi connectivity index (χ1n) is 5.86. The summed E-state index contributed by atoms with van der Waals surface area (Å²) in [6, 6.07) is 8.07. The molecule has 1 atom stereocenters. The minimum Gasteiger partial charge on any atom is -0.492 e. The number of nitrogens with one attached hydrogen (secondary N) is 1. The van der Waals surface area contributed by atoms with Gasteiger partial charge in [-0.05, 0) is 30.7 Å². The third-order valence-corrected chi connectivity index (χ3v) is 2.47. The molecule has 0 aromatic heterocycles. The van der Waals surface area contributed by atoms with Gasteiger partial charge in [0.25, 0.3) is 0 Å². The molecule has 1 unspecified atom stereocenters. The Morgan fingerprint density at radius 2 is 2.19 bits per heavy atom. The van der Waals surface area contributed by atoms with E-state index in [0.717, 1.165) is 18.7 Å². The molecular weight excluding hydrogens is 202 g/mol. The third kappa shape index (κ3) is 4.21. The van der Waals surface area contributed by atoms with Crippen molar-refractivity contribution in [3.8, 4) is 5.75 Å². The first kappa shape index (κ1) is 13.0. The normalized spacial score (nSPS) is 12.4. The van der Waals surface area contributed by atoms with E-state index in [9.17, 15) is 0 Å². The molecule has 0 heterocycles. The zero-order valence-corrected chi connectivity index (χ0v) is 10.1. The van der Waals surface area contributed by atoms with Crippen molar-refractivity contribution < 1.29 is 9.84 Å². The average Bonchev–Trinajstić information content (AvgIpc) is 2.34. The van der Waals surface area contributed by atoms with Gasteiger partial charge in [-0.3, -0.25) is 0 Å². The van der Waals surface area contributed by atoms with Crippen LogP contribution in [0, 0.1) is 0 Å². The molecule has 1 aromatic carbocycles. The Morgan fingerprint density at radius 3 is 2.81 bits per heavy atom. The second-order valence-corrected chi connectivity index (χ2v) is 3.75. The van der Waals surface area contributed by atoms with Crippen LogP contribution in [0.25, 0.3) is 0 Å². The van der Waals surface area contributed by atoms with Gasteiger partial charge in [-0.1, -0.05) is 26.0 Å². The average molecular weight is 223 g/mol. The van der Waals surface area contributed by atoms with Crippen molar-refractivity contribution in [2.75, 3.05) is 19.8 Å². The third-order valence-electron chi connectivity index (χ3n) is 2.47. The molecule has 16 heavy (non-hydrogen) atoms.